The predicted molar refractivity (Wildman–Crippen MR) is 136 cm³/mol. The van der Waals surface area contributed by atoms with Crippen LogP contribution >= 0.6 is 57.5 Å². The quantitative estimate of drug-likeness (QED) is 0.227. The zero-order chi connectivity index (χ0) is 22.1. The summed E-state index contributed by atoms with van der Waals surface area (Å²) >= 11 is 10.7. The number of rotatable bonds is 7. The predicted octanol–water partition coefficient (Wildman–Crippen LogP) is 3.76. The number of amides is 2. The average molecular weight is 581 g/mol. The Hall–Kier alpha value is -0.850. The standard InChI is InChI=1S/C19H23ClN4O2S2.CH3I/c1-11-6-12(2-3-15(11)20)8-23-18(25)16-4-5-17(27-16)19(26)24-9-13-7-14(28-21)10-22-13;1-2/h2-6,13-14,22H,7-10,21H2,1H3,(H,23,25)(H,24,26);1H3/t13-,14?;/m0./s1. The molecule has 164 valence electrons. The molecule has 2 heterocycles. The van der Waals surface area contributed by atoms with E-state index in [-0.39, 0.29) is 17.9 Å². The molecule has 2 atom stereocenters. The zero-order valence-electron chi connectivity index (χ0n) is 16.8. The number of alkyl halides is 1. The molecule has 1 fully saturated rings. The number of hydrogen-bond donors (Lipinski definition) is 4. The highest BCUT2D eigenvalue weighted by atomic mass is 127. The lowest BCUT2D eigenvalue weighted by Crippen LogP contribution is -2.36. The van der Waals surface area contributed by atoms with Gasteiger partial charge in [-0.2, -0.15) is 0 Å². The van der Waals surface area contributed by atoms with Crippen molar-refractivity contribution in [2.45, 2.75) is 31.2 Å². The topological polar surface area (TPSA) is 96.2 Å². The van der Waals surface area contributed by atoms with Crippen LogP contribution in [0.1, 0.15) is 36.9 Å². The number of nitrogens with two attached hydrogens (primary N) is 1. The molecule has 0 saturated carbocycles. The van der Waals surface area contributed by atoms with E-state index >= 15 is 0 Å². The third kappa shape index (κ3) is 7.38. The van der Waals surface area contributed by atoms with Crippen molar-refractivity contribution in [1.29, 1.82) is 0 Å². The van der Waals surface area contributed by atoms with Crippen LogP contribution in [0.5, 0.6) is 0 Å². The molecule has 2 aromatic rings. The first-order valence-electron chi connectivity index (χ1n) is 9.34. The lowest BCUT2D eigenvalue weighted by atomic mass is 10.1. The van der Waals surface area contributed by atoms with Gasteiger partial charge in [-0.05, 0) is 47.6 Å². The van der Waals surface area contributed by atoms with Gasteiger partial charge >= 0.3 is 0 Å². The van der Waals surface area contributed by atoms with Gasteiger partial charge in [0.25, 0.3) is 11.8 Å². The Kier molecular flexibility index (Phi) is 10.9. The molecule has 1 aliphatic rings. The molecule has 3 rings (SSSR count). The monoisotopic (exact) mass is 580 g/mol. The van der Waals surface area contributed by atoms with E-state index in [1.165, 1.54) is 23.3 Å². The fourth-order valence-corrected chi connectivity index (χ4v) is 4.50. The third-order valence-electron chi connectivity index (χ3n) is 4.61. The number of hydrogen-bond acceptors (Lipinski definition) is 6. The van der Waals surface area contributed by atoms with Crippen LogP contribution in [0, 0.1) is 6.92 Å². The number of aryl methyl sites for hydroxylation is 1. The molecule has 0 spiro atoms. The summed E-state index contributed by atoms with van der Waals surface area (Å²) in [7, 11) is 0. The highest BCUT2D eigenvalue weighted by Crippen LogP contribution is 2.19. The second-order valence-corrected chi connectivity index (χ2v) is 9.17. The van der Waals surface area contributed by atoms with Crippen LogP contribution < -0.4 is 21.1 Å². The van der Waals surface area contributed by atoms with Gasteiger partial charge in [0.2, 0.25) is 0 Å². The molecule has 30 heavy (non-hydrogen) atoms. The number of halogens is 2. The van der Waals surface area contributed by atoms with Crippen LogP contribution in [0.2, 0.25) is 5.02 Å². The van der Waals surface area contributed by atoms with E-state index in [0.717, 1.165) is 24.1 Å². The SMILES string of the molecule is CI.Cc1cc(CNC(=O)c2ccc(C(=O)NC[C@@H]3CC(SN)CN3)s2)ccc1Cl. The van der Waals surface area contributed by atoms with E-state index in [9.17, 15) is 9.59 Å². The Bertz CT molecular complexity index is 865. The van der Waals surface area contributed by atoms with Crippen LogP contribution in [0.4, 0.5) is 0 Å². The van der Waals surface area contributed by atoms with Gasteiger partial charge in [-0.3, -0.25) is 14.7 Å². The highest BCUT2D eigenvalue weighted by Gasteiger charge is 2.24. The molecule has 1 aliphatic heterocycles. The molecule has 1 unspecified atom stereocenters. The van der Waals surface area contributed by atoms with Crippen molar-refractivity contribution in [3.63, 3.8) is 0 Å². The fourth-order valence-electron chi connectivity index (χ4n) is 3.01. The van der Waals surface area contributed by atoms with Crippen LogP contribution in [-0.2, 0) is 6.54 Å². The second kappa shape index (κ2) is 12.9. The summed E-state index contributed by atoms with van der Waals surface area (Å²) in [6.07, 6.45) is 0.934. The third-order valence-corrected chi connectivity index (χ3v) is 6.86. The molecular formula is C20H26ClIN4O2S2. The maximum Gasteiger partial charge on any atom is 0.261 e. The first-order valence-corrected chi connectivity index (χ1v) is 13.6. The number of nitrogens with one attached hydrogen (secondary N) is 3. The van der Waals surface area contributed by atoms with Crippen molar-refractivity contribution in [1.82, 2.24) is 16.0 Å². The number of benzene rings is 1. The molecule has 0 radical (unpaired) electrons. The van der Waals surface area contributed by atoms with E-state index in [1.54, 1.807) is 12.1 Å². The lowest BCUT2D eigenvalue weighted by molar-refractivity contribution is 0.0948. The van der Waals surface area contributed by atoms with Gasteiger partial charge in [-0.25, -0.2) is 0 Å². The molecule has 10 heteroatoms. The second-order valence-electron chi connectivity index (χ2n) is 6.74. The van der Waals surface area contributed by atoms with Gasteiger partial charge in [-0.1, -0.05) is 58.3 Å². The van der Waals surface area contributed by atoms with Crippen molar-refractivity contribution < 1.29 is 9.59 Å². The Labute approximate surface area is 204 Å². The molecule has 6 nitrogen and oxygen atoms in total. The maximum atomic E-state index is 12.4. The van der Waals surface area contributed by atoms with Gasteiger partial charge in [0.15, 0.2) is 0 Å². The van der Waals surface area contributed by atoms with Crippen molar-refractivity contribution in [2.75, 3.05) is 18.0 Å². The van der Waals surface area contributed by atoms with E-state index < -0.39 is 0 Å². The van der Waals surface area contributed by atoms with Crippen LogP contribution in [0.3, 0.4) is 0 Å². The van der Waals surface area contributed by atoms with Crippen molar-refractivity contribution in [2.24, 2.45) is 5.14 Å². The molecule has 0 bridgehead atoms. The van der Waals surface area contributed by atoms with E-state index in [2.05, 4.69) is 38.5 Å². The van der Waals surface area contributed by atoms with Crippen LogP contribution in [-0.4, -0.2) is 41.1 Å². The lowest BCUT2D eigenvalue weighted by Gasteiger charge is -2.11. The summed E-state index contributed by atoms with van der Waals surface area (Å²) in [5, 5.41) is 15.8. The minimum atomic E-state index is -0.197. The minimum absolute atomic E-state index is 0.164. The van der Waals surface area contributed by atoms with Gasteiger partial charge in [0.1, 0.15) is 0 Å². The van der Waals surface area contributed by atoms with Gasteiger partial charge < -0.3 is 16.0 Å². The Morgan fingerprint density at radius 2 is 1.90 bits per heavy atom. The Balaban J connectivity index is 0.00000155. The van der Waals surface area contributed by atoms with Crippen molar-refractivity contribution >= 4 is 69.3 Å². The summed E-state index contributed by atoms with van der Waals surface area (Å²) in [5.74, 6) is -0.361. The molecule has 2 amide bonds. The maximum absolute atomic E-state index is 12.4. The summed E-state index contributed by atoms with van der Waals surface area (Å²) in [4.78, 5) is 27.7. The Morgan fingerprint density at radius 3 is 2.50 bits per heavy atom. The number of carbonyl (C=O) groups excluding carboxylic acids is 2. The van der Waals surface area contributed by atoms with E-state index in [1.807, 2.05) is 30.1 Å². The smallest absolute Gasteiger partial charge is 0.261 e. The van der Waals surface area contributed by atoms with Gasteiger partial charge in [-0.15, -0.1) is 11.3 Å². The van der Waals surface area contributed by atoms with Crippen molar-refractivity contribution in [3.8, 4) is 0 Å². The fraction of sp³-hybridized carbons (Fsp3) is 0.400. The average Bonchev–Trinajstić information content (AvgIpc) is 3.44. The molecule has 1 aromatic heterocycles. The summed E-state index contributed by atoms with van der Waals surface area (Å²) in [6.45, 7) is 3.74. The van der Waals surface area contributed by atoms with Gasteiger partial charge in [0.05, 0.1) is 9.75 Å². The van der Waals surface area contributed by atoms with Crippen molar-refractivity contribution in [3.05, 3.63) is 56.2 Å². The minimum Gasteiger partial charge on any atom is -0.350 e. The zero-order valence-corrected chi connectivity index (χ0v) is 21.4. The van der Waals surface area contributed by atoms with Gasteiger partial charge in [0, 0.05) is 35.9 Å². The molecule has 0 aliphatic carbocycles. The number of thiophene rings is 1. The van der Waals surface area contributed by atoms with E-state index in [4.69, 9.17) is 16.7 Å². The Morgan fingerprint density at radius 1 is 1.23 bits per heavy atom. The molecule has 1 aromatic carbocycles. The number of carbonyl (C=O) groups is 2. The van der Waals surface area contributed by atoms with Crippen LogP contribution in [0.25, 0.3) is 0 Å². The molecular weight excluding hydrogens is 555 g/mol. The molecule has 5 N–H and O–H groups in total. The summed E-state index contributed by atoms with van der Waals surface area (Å²) < 4.78 is 0. The molecule has 1 saturated heterocycles. The highest BCUT2D eigenvalue weighted by molar-refractivity contribution is 14.1. The largest absolute Gasteiger partial charge is 0.350 e. The summed E-state index contributed by atoms with van der Waals surface area (Å²) in [6, 6.07) is 9.24. The summed E-state index contributed by atoms with van der Waals surface area (Å²) in [5.41, 5.74) is 1.94. The first kappa shape index (κ1) is 25.4. The first-order chi connectivity index (χ1) is 14.5. The van der Waals surface area contributed by atoms with Crippen LogP contribution in [0.15, 0.2) is 30.3 Å². The van der Waals surface area contributed by atoms with E-state index in [0.29, 0.717) is 33.1 Å². The normalized spacial score (nSPS) is 17.8.